The summed E-state index contributed by atoms with van der Waals surface area (Å²) in [6.07, 6.45) is 1.44. The summed E-state index contributed by atoms with van der Waals surface area (Å²) in [4.78, 5) is 22.3. The van der Waals surface area contributed by atoms with Crippen LogP contribution >= 0.6 is 11.6 Å². The van der Waals surface area contributed by atoms with E-state index in [9.17, 15) is 18.0 Å². The van der Waals surface area contributed by atoms with Crippen molar-refractivity contribution in [3.8, 4) is 0 Å². The van der Waals surface area contributed by atoms with Gasteiger partial charge in [-0.15, -0.1) is 0 Å². The van der Waals surface area contributed by atoms with Crippen LogP contribution in [0, 0.1) is 5.92 Å². The Morgan fingerprint density at radius 3 is 2.50 bits per heavy atom. The molecule has 0 heterocycles. The number of hydrogen-bond donors (Lipinski definition) is 1. The number of sulfonamides is 1. The molecule has 2 atom stereocenters. The first-order valence-electron chi connectivity index (χ1n) is 6.18. The zero-order valence-electron chi connectivity index (χ0n) is 10.6. The van der Waals surface area contributed by atoms with E-state index < -0.39 is 22.0 Å². The van der Waals surface area contributed by atoms with Crippen molar-refractivity contribution in [3.63, 3.8) is 0 Å². The lowest BCUT2D eigenvalue weighted by atomic mass is 9.86. The van der Waals surface area contributed by atoms with E-state index in [0.29, 0.717) is 17.7 Å². The van der Waals surface area contributed by atoms with Crippen molar-refractivity contribution in [2.45, 2.75) is 30.2 Å². The molecule has 0 saturated heterocycles. The number of rotatable bonds is 4. The van der Waals surface area contributed by atoms with Gasteiger partial charge in [0.1, 0.15) is 12.1 Å². The van der Waals surface area contributed by atoms with Crippen molar-refractivity contribution in [1.82, 2.24) is 4.72 Å². The fourth-order valence-corrected chi connectivity index (χ4v) is 3.61. The topological polar surface area (TPSA) is 80.3 Å². The highest BCUT2D eigenvalue weighted by Crippen LogP contribution is 2.22. The Labute approximate surface area is 122 Å². The largest absolute Gasteiger partial charge is 0.303 e. The Morgan fingerprint density at radius 2 is 1.90 bits per heavy atom. The molecular formula is C13H14ClNO4S. The molecule has 0 amide bonds. The van der Waals surface area contributed by atoms with E-state index in [1.54, 1.807) is 0 Å². The van der Waals surface area contributed by atoms with Crippen LogP contribution in [-0.4, -0.2) is 26.5 Å². The van der Waals surface area contributed by atoms with Crippen LogP contribution in [0.25, 0.3) is 0 Å². The van der Waals surface area contributed by atoms with Crippen LogP contribution in [0.1, 0.15) is 19.3 Å². The van der Waals surface area contributed by atoms with Gasteiger partial charge in [-0.1, -0.05) is 11.6 Å². The molecule has 108 valence electrons. The molecule has 1 aliphatic rings. The molecule has 1 N–H and O–H groups in total. The minimum Gasteiger partial charge on any atom is -0.303 e. The van der Waals surface area contributed by atoms with Crippen LogP contribution < -0.4 is 4.72 Å². The van der Waals surface area contributed by atoms with Crippen molar-refractivity contribution in [2.24, 2.45) is 5.92 Å². The minimum atomic E-state index is -3.66. The van der Waals surface area contributed by atoms with Gasteiger partial charge in [0, 0.05) is 17.5 Å². The molecule has 1 saturated carbocycles. The van der Waals surface area contributed by atoms with Gasteiger partial charge in [-0.05, 0) is 37.1 Å². The van der Waals surface area contributed by atoms with Crippen molar-refractivity contribution >= 4 is 33.7 Å². The number of carbonyl (C=O) groups excluding carboxylic acids is 2. The maximum Gasteiger partial charge on any atom is 0.240 e. The minimum absolute atomic E-state index is 0.112. The number of ketones is 1. The van der Waals surface area contributed by atoms with Gasteiger partial charge < -0.3 is 4.79 Å². The number of nitrogens with one attached hydrogen (secondary N) is 1. The molecule has 20 heavy (non-hydrogen) atoms. The molecule has 1 aliphatic carbocycles. The van der Waals surface area contributed by atoms with Crippen LogP contribution in [0.4, 0.5) is 0 Å². The molecule has 1 fully saturated rings. The first-order chi connectivity index (χ1) is 9.42. The average molecular weight is 316 g/mol. The fourth-order valence-electron chi connectivity index (χ4n) is 2.20. The standard InChI is InChI=1S/C13H14ClNO4S/c14-10-1-4-12(5-2-10)20(18,19)15-11-3-6-13(17)9(7-11)8-16/h1-2,4-5,8-9,11,15H,3,6-7H2. The predicted octanol–water partition coefficient (Wildman–Crippen LogP) is 1.55. The normalized spacial score (nSPS) is 23.6. The average Bonchev–Trinajstić information content (AvgIpc) is 2.41. The van der Waals surface area contributed by atoms with E-state index in [4.69, 9.17) is 11.6 Å². The molecule has 0 aromatic heterocycles. The molecule has 0 radical (unpaired) electrons. The van der Waals surface area contributed by atoms with Crippen molar-refractivity contribution in [3.05, 3.63) is 29.3 Å². The molecule has 7 heteroatoms. The molecular weight excluding hydrogens is 302 g/mol. The van der Waals surface area contributed by atoms with Gasteiger partial charge in [-0.3, -0.25) is 4.79 Å². The Kier molecular flexibility index (Phi) is 4.57. The van der Waals surface area contributed by atoms with Gasteiger partial charge >= 0.3 is 0 Å². The first kappa shape index (κ1) is 15.2. The van der Waals surface area contributed by atoms with E-state index in [1.165, 1.54) is 24.3 Å². The SMILES string of the molecule is O=CC1CC(NS(=O)(=O)c2ccc(Cl)cc2)CCC1=O. The number of halogens is 1. The lowest BCUT2D eigenvalue weighted by molar-refractivity contribution is -0.129. The highest BCUT2D eigenvalue weighted by Gasteiger charge is 2.31. The maximum atomic E-state index is 12.2. The van der Waals surface area contributed by atoms with Crippen molar-refractivity contribution < 1.29 is 18.0 Å². The number of benzene rings is 1. The Bertz CT molecular complexity index is 612. The highest BCUT2D eigenvalue weighted by atomic mass is 35.5. The number of aldehydes is 1. The fraction of sp³-hybridized carbons (Fsp3) is 0.385. The second-order valence-corrected chi connectivity index (χ2v) is 6.91. The molecule has 2 rings (SSSR count). The van der Waals surface area contributed by atoms with E-state index >= 15 is 0 Å². The molecule has 1 aromatic rings. The third-order valence-corrected chi connectivity index (χ3v) is 5.09. The molecule has 5 nitrogen and oxygen atoms in total. The summed E-state index contributed by atoms with van der Waals surface area (Å²) in [5.74, 6) is -0.830. The molecule has 0 aliphatic heterocycles. The van der Waals surface area contributed by atoms with E-state index in [2.05, 4.69) is 4.72 Å². The summed E-state index contributed by atoms with van der Waals surface area (Å²) in [6.45, 7) is 0. The summed E-state index contributed by atoms with van der Waals surface area (Å²) in [7, 11) is -3.66. The first-order valence-corrected chi connectivity index (χ1v) is 8.04. The van der Waals surface area contributed by atoms with Crippen molar-refractivity contribution in [1.29, 1.82) is 0 Å². The molecule has 2 unspecified atom stereocenters. The smallest absolute Gasteiger partial charge is 0.240 e. The van der Waals surface area contributed by atoms with Crippen LogP contribution in [0.3, 0.4) is 0 Å². The van der Waals surface area contributed by atoms with Gasteiger partial charge in [-0.25, -0.2) is 13.1 Å². The summed E-state index contributed by atoms with van der Waals surface area (Å²) >= 11 is 5.72. The summed E-state index contributed by atoms with van der Waals surface area (Å²) in [5, 5.41) is 0.452. The zero-order chi connectivity index (χ0) is 14.8. The van der Waals surface area contributed by atoms with Gasteiger partial charge in [0.25, 0.3) is 0 Å². The number of Topliss-reactive ketones (excluding diaryl/α,β-unsaturated/α-hetero) is 1. The second-order valence-electron chi connectivity index (χ2n) is 4.76. The van der Waals surface area contributed by atoms with Crippen LogP contribution in [0.15, 0.2) is 29.2 Å². The monoisotopic (exact) mass is 315 g/mol. The summed E-state index contributed by atoms with van der Waals surface area (Å²) in [5.41, 5.74) is 0. The Balaban J connectivity index is 2.10. The second kappa shape index (κ2) is 6.03. The quantitative estimate of drug-likeness (QED) is 0.675. The zero-order valence-corrected chi connectivity index (χ0v) is 12.2. The van der Waals surface area contributed by atoms with E-state index in [-0.39, 0.29) is 23.5 Å². The molecule has 0 spiro atoms. The lowest BCUT2D eigenvalue weighted by Gasteiger charge is -2.25. The van der Waals surface area contributed by atoms with Gasteiger partial charge in [0.05, 0.1) is 10.8 Å². The van der Waals surface area contributed by atoms with Crippen LogP contribution in [0.2, 0.25) is 5.02 Å². The van der Waals surface area contributed by atoms with E-state index in [0.717, 1.165) is 0 Å². The van der Waals surface area contributed by atoms with E-state index in [1.807, 2.05) is 0 Å². The predicted molar refractivity (Wildman–Crippen MR) is 74.0 cm³/mol. The van der Waals surface area contributed by atoms with Gasteiger partial charge in [0.2, 0.25) is 10.0 Å². The maximum absolute atomic E-state index is 12.2. The molecule has 0 bridgehead atoms. The van der Waals surface area contributed by atoms with Crippen molar-refractivity contribution in [2.75, 3.05) is 0 Å². The summed E-state index contributed by atoms with van der Waals surface area (Å²) in [6, 6.07) is 5.42. The third-order valence-electron chi connectivity index (χ3n) is 3.30. The third kappa shape index (κ3) is 3.45. The Hall–Kier alpha value is -1.24. The number of hydrogen-bond acceptors (Lipinski definition) is 4. The van der Waals surface area contributed by atoms with Gasteiger partial charge in [-0.2, -0.15) is 0 Å². The number of carbonyl (C=O) groups is 2. The van der Waals surface area contributed by atoms with Gasteiger partial charge in [0.15, 0.2) is 0 Å². The van der Waals surface area contributed by atoms with Crippen LogP contribution in [-0.2, 0) is 19.6 Å². The lowest BCUT2D eigenvalue weighted by Crippen LogP contribution is -2.41. The van der Waals surface area contributed by atoms with Crippen LogP contribution in [0.5, 0.6) is 0 Å². The Morgan fingerprint density at radius 1 is 1.25 bits per heavy atom. The summed E-state index contributed by atoms with van der Waals surface area (Å²) < 4.78 is 26.9. The molecule has 1 aromatic carbocycles. The highest BCUT2D eigenvalue weighted by molar-refractivity contribution is 7.89.